The average Bonchev–Trinajstić information content (AvgIpc) is 3.84. The molecule has 53 heavy (non-hydrogen) atoms. The van der Waals surface area contributed by atoms with Crippen molar-refractivity contribution in [3.8, 4) is 0 Å². The fourth-order valence-electron chi connectivity index (χ4n) is 6.33. The van der Waals surface area contributed by atoms with Crippen molar-refractivity contribution in [1.29, 1.82) is 0 Å². The summed E-state index contributed by atoms with van der Waals surface area (Å²) in [5.74, 6) is 1.34. The number of furan rings is 1. The molecule has 0 amide bonds. The molecule has 12 heteroatoms. The van der Waals surface area contributed by atoms with E-state index in [1.807, 2.05) is 0 Å². The van der Waals surface area contributed by atoms with Crippen LogP contribution in [0.15, 0.2) is 16.6 Å². The van der Waals surface area contributed by atoms with Crippen LogP contribution < -0.4 is 5.73 Å². The monoisotopic (exact) mass is 769 g/mol. The van der Waals surface area contributed by atoms with E-state index in [2.05, 4.69) is 39.8 Å². The van der Waals surface area contributed by atoms with Gasteiger partial charge in [0.05, 0.1) is 25.4 Å². The smallest absolute Gasteiger partial charge is 0.466 e. The molecule has 1 saturated heterocycles. The van der Waals surface area contributed by atoms with Crippen LogP contribution >= 0.6 is 7.82 Å². The van der Waals surface area contributed by atoms with Gasteiger partial charge in [0.25, 0.3) is 0 Å². The third kappa shape index (κ3) is 22.2. The van der Waals surface area contributed by atoms with Gasteiger partial charge in [0.2, 0.25) is 0 Å². The highest BCUT2D eigenvalue weighted by atomic mass is 31.2. The van der Waals surface area contributed by atoms with Gasteiger partial charge in [0.15, 0.2) is 6.10 Å². The van der Waals surface area contributed by atoms with Crippen molar-refractivity contribution in [2.45, 2.75) is 187 Å². The van der Waals surface area contributed by atoms with Gasteiger partial charge >= 0.3 is 19.8 Å². The number of aryl methyl sites for hydroxylation is 2. The van der Waals surface area contributed by atoms with E-state index >= 15 is 0 Å². The summed E-state index contributed by atoms with van der Waals surface area (Å²) in [5, 5.41) is 0. The Kier molecular flexibility index (Phi) is 25.3. The van der Waals surface area contributed by atoms with E-state index < -0.39 is 32.5 Å². The van der Waals surface area contributed by atoms with Gasteiger partial charge in [0.1, 0.15) is 18.1 Å². The Morgan fingerprint density at radius 3 is 2.09 bits per heavy atom. The second-order valence-corrected chi connectivity index (χ2v) is 15.9. The van der Waals surface area contributed by atoms with Gasteiger partial charge in [-0.25, -0.2) is 4.57 Å². The van der Waals surface area contributed by atoms with Crippen molar-refractivity contribution < 1.29 is 46.7 Å². The average molecular weight is 770 g/mol. The van der Waals surface area contributed by atoms with E-state index in [0.717, 1.165) is 108 Å². The maximum atomic E-state index is 12.6. The summed E-state index contributed by atoms with van der Waals surface area (Å²) < 4.78 is 44.7. The van der Waals surface area contributed by atoms with Gasteiger partial charge in [-0.2, -0.15) is 0 Å². The molecule has 1 aliphatic rings. The minimum atomic E-state index is -4.40. The van der Waals surface area contributed by atoms with Gasteiger partial charge in [-0.15, -0.1) is 0 Å². The van der Waals surface area contributed by atoms with Crippen LogP contribution in [0.4, 0.5) is 0 Å². The lowest BCUT2D eigenvalue weighted by Gasteiger charge is -2.19. The van der Waals surface area contributed by atoms with Crippen LogP contribution in [0, 0.1) is 13.8 Å². The predicted molar refractivity (Wildman–Crippen MR) is 209 cm³/mol. The normalized spacial score (nSPS) is 17.2. The molecule has 4 atom stereocenters. The summed E-state index contributed by atoms with van der Waals surface area (Å²) in [5.41, 5.74) is 7.91. The first-order chi connectivity index (χ1) is 25.6. The second kappa shape index (κ2) is 28.4. The van der Waals surface area contributed by atoms with Crippen LogP contribution in [0.25, 0.3) is 0 Å². The quantitative estimate of drug-likeness (QED) is 0.0226. The summed E-state index contributed by atoms with van der Waals surface area (Å²) in [7, 11) is -4.40. The molecule has 0 spiro atoms. The van der Waals surface area contributed by atoms with E-state index in [1.54, 1.807) is 0 Å². The number of hydrogen-bond donors (Lipinski definition) is 2. The van der Waals surface area contributed by atoms with Crippen molar-refractivity contribution >= 4 is 19.8 Å². The van der Waals surface area contributed by atoms with Crippen molar-refractivity contribution in [3.63, 3.8) is 0 Å². The first-order valence-electron chi connectivity index (χ1n) is 20.6. The van der Waals surface area contributed by atoms with Crippen LogP contribution in [-0.4, -0.2) is 61.5 Å². The van der Waals surface area contributed by atoms with Crippen molar-refractivity contribution in [2.75, 3.05) is 26.4 Å². The number of esters is 2. The Hall–Kier alpha value is -2.01. The fourth-order valence-corrected chi connectivity index (χ4v) is 7.10. The molecule has 11 nitrogen and oxygen atoms in total. The highest BCUT2D eigenvalue weighted by Gasteiger charge is 2.36. The number of allylic oxidation sites excluding steroid dienone is 1. The standard InChI is InChI=1S/C41H72NO10P/c1-5-7-8-9-13-19-25-38-39(52-38)26-20-15-12-17-21-27-40(43)47-31-35(32-49-53(45,46)48-30-29-42)50-41(44)28-22-16-11-10-14-18-24-37-34(4)33(3)36(51-37)23-6-2/h13,19,35,38-39H,5-12,14-18,20-32,42H2,1-4H3,(H,45,46)/b19-13-/t35-,38?,39?/m1/s1. The lowest BCUT2D eigenvalue weighted by atomic mass is 10.0. The number of hydrogen-bond acceptors (Lipinski definition) is 10. The first kappa shape index (κ1) is 47.1. The zero-order chi connectivity index (χ0) is 38.7. The molecular weight excluding hydrogens is 697 g/mol. The van der Waals surface area contributed by atoms with Crippen molar-refractivity contribution in [3.05, 3.63) is 34.8 Å². The summed E-state index contributed by atoms with van der Waals surface area (Å²) in [6.07, 6.45) is 25.5. The molecule has 0 bridgehead atoms. The highest BCUT2D eigenvalue weighted by molar-refractivity contribution is 7.47. The lowest BCUT2D eigenvalue weighted by Crippen LogP contribution is -2.29. The van der Waals surface area contributed by atoms with E-state index in [-0.39, 0.29) is 32.6 Å². The van der Waals surface area contributed by atoms with Crippen molar-refractivity contribution in [2.24, 2.45) is 5.73 Å². The third-order valence-electron chi connectivity index (χ3n) is 9.75. The number of nitrogens with two attached hydrogens (primary N) is 1. The molecule has 2 rings (SSSR count). The van der Waals surface area contributed by atoms with Crippen LogP contribution in [0.3, 0.4) is 0 Å². The summed E-state index contributed by atoms with van der Waals surface area (Å²) in [6, 6.07) is 0. The van der Waals surface area contributed by atoms with Gasteiger partial charge in [-0.1, -0.05) is 90.2 Å². The number of rotatable bonds is 34. The van der Waals surface area contributed by atoms with Crippen LogP contribution in [0.1, 0.15) is 165 Å². The zero-order valence-electron chi connectivity index (χ0n) is 33.4. The maximum absolute atomic E-state index is 12.6. The summed E-state index contributed by atoms with van der Waals surface area (Å²) >= 11 is 0. The molecule has 0 aliphatic carbocycles. The zero-order valence-corrected chi connectivity index (χ0v) is 34.3. The Morgan fingerprint density at radius 2 is 1.42 bits per heavy atom. The van der Waals surface area contributed by atoms with Crippen molar-refractivity contribution in [1.82, 2.24) is 0 Å². The molecular formula is C41H72NO10P. The van der Waals surface area contributed by atoms with E-state index in [4.69, 9.17) is 33.4 Å². The number of ether oxygens (including phenoxy) is 3. The fraction of sp³-hybridized carbons (Fsp3) is 0.805. The minimum absolute atomic E-state index is 0.0414. The molecule has 3 N–H and O–H groups in total. The van der Waals surface area contributed by atoms with Crippen LogP contribution in [-0.2, 0) is 50.3 Å². The lowest BCUT2D eigenvalue weighted by molar-refractivity contribution is -0.161. The topological polar surface area (TPSA) is 160 Å². The van der Waals surface area contributed by atoms with E-state index in [9.17, 15) is 19.0 Å². The Morgan fingerprint density at radius 1 is 0.774 bits per heavy atom. The Balaban J connectivity index is 1.59. The molecule has 1 aromatic rings. The first-order valence-corrected chi connectivity index (χ1v) is 22.1. The number of phosphoric acid groups is 1. The second-order valence-electron chi connectivity index (χ2n) is 14.5. The molecule has 2 heterocycles. The number of epoxide rings is 1. The maximum Gasteiger partial charge on any atom is 0.472 e. The number of unbranched alkanes of at least 4 members (excludes halogenated alkanes) is 12. The molecule has 306 valence electrons. The van der Waals surface area contributed by atoms with E-state index in [1.165, 1.54) is 30.4 Å². The summed E-state index contributed by atoms with van der Waals surface area (Å²) in [6.45, 7) is 7.82. The summed E-state index contributed by atoms with van der Waals surface area (Å²) in [4.78, 5) is 35.0. The predicted octanol–water partition coefficient (Wildman–Crippen LogP) is 9.69. The molecule has 1 aliphatic heterocycles. The molecule has 0 radical (unpaired) electrons. The number of carbonyl (C=O) groups excluding carboxylic acids is 2. The molecule has 3 unspecified atom stereocenters. The van der Waals surface area contributed by atoms with Crippen LogP contribution in [0.2, 0.25) is 0 Å². The van der Waals surface area contributed by atoms with Gasteiger partial charge < -0.3 is 29.3 Å². The van der Waals surface area contributed by atoms with E-state index in [0.29, 0.717) is 25.0 Å². The highest BCUT2D eigenvalue weighted by Crippen LogP contribution is 2.43. The molecule has 1 fully saturated rings. The van der Waals surface area contributed by atoms with Gasteiger partial charge in [-0.05, 0) is 76.3 Å². The number of carbonyl (C=O) groups is 2. The Labute approximate surface area is 320 Å². The molecule has 0 aromatic carbocycles. The largest absolute Gasteiger partial charge is 0.472 e. The number of phosphoric ester groups is 1. The molecule has 0 saturated carbocycles. The van der Waals surface area contributed by atoms with Crippen LogP contribution in [0.5, 0.6) is 0 Å². The SMILES string of the molecule is CCCCC/C=C\CC1OC1CCCCCCCC(=O)OC[C@H](COP(=O)(O)OCCN)OC(=O)CCCCCCCCc1oc(CCC)c(C)c1C. The van der Waals surface area contributed by atoms with Gasteiger partial charge in [-0.3, -0.25) is 18.6 Å². The minimum Gasteiger partial charge on any atom is -0.466 e. The van der Waals surface area contributed by atoms with Gasteiger partial charge in [0, 0.05) is 32.2 Å². The molecule has 1 aromatic heterocycles. The third-order valence-corrected chi connectivity index (χ3v) is 10.7. The Bertz CT molecular complexity index is 1220.